The van der Waals surface area contributed by atoms with E-state index in [9.17, 15) is 4.79 Å². The fourth-order valence-corrected chi connectivity index (χ4v) is 3.71. The summed E-state index contributed by atoms with van der Waals surface area (Å²) in [5.41, 5.74) is 0.941. The minimum Gasteiger partial charge on any atom is -0.310 e. The number of carbonyl (C=O) groups excluding carboxylic acids is 1. The highest BCUT2D eigenvalue weighted by molar-refractivity contribution is 8.02. The molecule has 5 heteroatoms. The normalized spacial score (nSPS) is 14.8. The molecule has 0 aromatic carbocycles. The minimum absolute atomic E-state index is 0.160. The quantitative estimate of drug-likeness (QED) is 0.831. The van der Waals surface area contributed by atoms with E-state index < -0.39 is 0 Å². The summed E-state index contributed by atoms with van der Waals surface area (Å²) in [5, 5.41) is 8.86. The maximum Gasteiger partial charge on any atom is 0.237 e. The first-order valence-electron chi connectivity index (χ1n) is 5.23. The number of anilines is 1. The van der Waals surface area contributed by atoms with Crippen molar-refractivity contribution in [3.63, 3.8) is 0 Å². The van der Waals surface area contributed by atoms with Crippen LogP contribution in [-0.2, 0) is 4.79 Å². The van der Waals surface area contributed by atoms with Crippen molar-refractivity contribution in [1.29, 1.82) is 5.26 Å². The molecular formula is C11H12N2OS2. The summed E-state index contributed by atoms with van der Waals surface area (Å²) in [5.74, 6) is 0.662. The van der Waals surface area contributed by atoms with E-state index in [-0.39, 0.29) is 5.91 Å². The number of nitriles is 1. The highest BCUT2D eigenvalue weighted by Gasteiger charge is 2.26. The number of fused-ring (bicyclic) bond motifs is 1. The van der Waals surface area contributed by atoms with Gasteiger partial charge in [-0.05, 0) is 12.5 Å². The van der Waals surface area contributed by atoms with Gasteiger partial charge in [0.25, 0.3) is 0 Å². The third kappa shape index (κ3) is 2.08. The molecule has 1 amide bonds. The van der Waals surface area contributed by atoms with E-state index in [2.05, 4.69) is 13.0 Å². The van der Waals surface area contributed by atoms with Crippen molar-refractivity contribution in [2.45, 2.75) is 24.0 Å². The van der Waals surface area contributed by atoms with Crippen LogP contribution in [0.2, 0.25) is 0 Å². The molecule has 0 saturated carbocycles. The standard InChI is InChI=1S/C11H12N2OS2/c1-2-3-4-13-9-5-8(6-12)16-11(9)15-7-10(13)14/h5H,2-4,7H2,1H3. The number of unbranched alkanes of at least 4 members (excludes halogenated alkanes) is 1. The van der Waals surface area contributed by atoms with Gasteiger partial charge in [-0.1, -0.05) is 13.3 Å². The molecule has 0 bridgehead atoms. The van der Waals surface area contributed by atoms with Gasteiger partial charge in [0.2, 0.25) is 5.91 Å². The minimum atomic E-state index is 0.160. The van der Waals surface area contributed by atoms with Gasteiger partial charge in [0.15, 0.2) is 0 Å². The summed E-state index contributed by atoms with van der Waals surface area (Å²) < 4.78 is 1.10. The Hall–Kier alpha value is -0.990. The van der Waals surface area contributed by atoms with Gasteiger partial charge in [-0.3, -0.25) is 4.79 Å². The smallest absolute Gasteiger partial charge is 0.237 e. The van der Waals surface area contributed by atoms with E-state index in [0.717, 1.165) is 29.3 Å². The Kier molecular flexibility index (Phi) is 3.52. The van der Waals surface area contributed by atoms with Crippen LogP contribution < -0.4 is 4.90 Å². The number of hydrogen-bond acceptors (Lipinski definition) is 4. The first-order valence-corrected chi connectivity index (χ1v) is 7.03. The van der Waals surface area contributed by atoms with Gasteiger partial charge >= 0.3 is 0 Å². The molecule has 0 saturated heterocycles. The predicted octanol–water partition coefficient (Wildman–Crippen LogP) is 2.86. The molecule has 0 N–H and O–H groups in total. The molecule has 1 aliphatic heterocycles. The van der Waals surface area contributed by atoms with Crippen LogP contribution in [0.3, 0.4) is 0 Å². The van der Waals surface area contributed by atoms with Crippen molar-refractivity contribution in [2.24, 2.45) is 0 Å². The Morgan fingerprint density at radius 2 is 2.44 bits per heavy atom. The van der Waals surface area contributed by atoms with Gasteiger partial charge in [0.05, 0.1) is 15.6 Å². The van der Waals surface area contributed by atoms with E-state index in [1.807, 2.05) is 11.0 Å². The molecule has 0 unspecified atom stereocenters. The lowest BCUT2D eigenvalue weighted by Crippen LogP contribution is -2.35. The number of thioether (sulfide) groups is 1. The molecule has 1 aromatic rings. The van der Waals surface area contributed by atoms with Crippen molar-refractivity contribution in [3.8, 4) is 6.07 Å². The van der Waals surface area contributed by atoms with Crippen LogP contribution in [0, 0.1) is 11.3 Å². The van der Waals surface area contributed by atoms with Crippen LogP contribution in [-0.4, -0.2) is 18.2 Å². The average Bonchev–Trinajstić information content (AvgIpc) is 2.71. The highest BCUT2D eigenvalue weighted by atomic mass is 32.2. The Labute approximate surface area is 103 Å². The molecule has 2 heterocycles. The van der Waals surface area contributed by atoms with Crippen LogP contribution in [0.1, 0.15) is 24.6 Å². The van der Waals surface area contributed by atoms with Crippen molar-refractivity contribution in [2.75, 3.05) is 17.2 Å². The molecule has 1 aromatic heterocycles. The van der Waals surface area contributed by atoms with Gasteiger partial charge in [-0.2, -0.15) is 5.26 Å². The van der Waals surface area contributed by atoms with Crippen LogP contribution in [0.25, 0.3) is 0 Å². The molecule has 16 heavy (non-hydrogen) atoms. The number of amides is 1. The van der Waals surface area contributed by atoms with Gasteiger partial charge in [0.1, 0.15) is 10.9 Å². The summed E-state index contributed by atoms with van der Waals surface area (Å²) >= 11 is 3.03. The van der Waals surface area contributed by atoms with Gasteiger partial charge in [-0.25, -0.2) is 0 Å². The maximum absolute atomic E-state index is 11.8. The van der Waals surface area contributed by atoms with E-state index >= 15 is 0 Å². The Morgan fingerprint density at radius 1 is 1.62 bits per heavy atom. The lowest BCUT2D eigenvalue weighted by molar-refractivity contribution is -0.116. The van der Waals surface area contributed by atoms with Crippen molar-refractivity contribution < 1.29 is 4.79 Å². The van der Waals surface area contributed by atoms with Crippen LogP contribution >= 0.6 is 23.1 Å². The second-order valence-electron chi connectivity index (χ2n) is 3.58. The summed E-state index contributed by atoms with van der Waals surface area (Å²) in [6.07, 6.45) is 2.08. The van der Waals surface area contributed by atoms with E-state index in [1.165, 1.54) is 11.3 Å². The van der Waals surface area contributed by atoms with Crippen molar-refractivity contribution in [3.05, 3.63) is 10.9 Å². The average molecular weight is 252 g/mol. The lowest BCUT2D eigenvalue weighted by Gasteiger charge is -2.26. The van der Waals surface area contributed by atoms with E-state index in [4.69, 9.17) is 5.26 Å². The zero-order valence-electron chi connectivity index (χ0n) is 9.02. The second-order valence-corrected chi connectivity index (χ2v) is 5.88. The topological polar surface area (TPSA) is 44.1 Å². The third-order valence-corrected chi connectivity index (χ3v) is 4.73. The fourth-order valence-electron chi connectivity index (χ4n) is 1.61. The Bertz CT molecular complexity index is 447. The monoisotopic (exact) mass is 252 g/mol. The van der Waals surface area contributed by atoms with E-state index in [0.29, 0.717) is 10.6 Å². The molecule has 84 valence electrons. The zero-order chi connectivity index (χ0) is 11.5. The van der Waals surface area contributed by atoms with Gasteiger partial charge in [-0.15, -0.1) is 23.1 Å². The van der Waals surface area contributed by atoms with Crippen LogP contribution in [0.4, 0.5) is 5.69 Å². The summed E-state index contributed by atoms with van der Waals surface area (Å²) in [4.78, 5) is 14.3. The predicted molar refractivity (Wildman–Crippen MR) is 67.0 cm³/mol. The first-order chi connectivity index (χ1) is 7.76. The second kappa shape index (κ2) is 4.89. The van der Waals surface area contributed by atoms with Crippen LogP contribution in [0.15, 0.2) is 10.3 Å². The van der Waals surface area contributed by atoms with Gasteiger partial charge in [0, 0.05) is 6.54 Å². The lowest BCUT2D eigenvalue weighted by atomic mass is 10.3. The number of thiophene rings is 1. The van der Waals surface area contributed by atoms with Crippen molar-refractivity contribution >= 4 is 34.7 Å². The number of carbonyl (C=O) groups is 1. The molecule has 0 radical (unpaired) electrons. The number of hydrogen-bond donors (Lipinski definition) is 0. The number of rotatable bonds is 3. The Balaban J connectivity index is 2.28. The molecule has 1 aliphatic rings. The molecule has 2 rings (SSSR count). The number of nitrogens with zero attached hydrogens (tertiary/aromatic N) is 2. The Morgan fingerprint density at radius 3 is 3.12 bits per heavy atom. The van der Waals surface area contributed by atoms with E-state index in [1.54, 1.807) is 11.8 Å². The summed E-state index contributed by atoms with van der Waals surface area (Å²) in [6.45, 7) is 2.88. The molecular weight excluding hydrogens is 240 g/mol. The molecule has 0 spiro atoms. The molecule has 0 atom stereocenters. The van der Waals surface area contributed by atoms with Crippen LogP contribution in [0.5, 0.6) is 0 Å². The SMILES string of the molecule is CCCCN1C(=O)CSc2sc(C#N)cc21. The summed E-state index contributed by atoms with van der Waals surface area (Å²) in [7, 11) is 0. The molecule has 0 aliphatic carbocycles. The third-order valence-electron chi connectivity index (χ3n) is 2.44. The molecule has 3 nitrogen and oxygen atoms in total. The molecule has 0 fully saturated rings. The van der Waals surface area contributed by atoms with Crippen molar-refractivity contribution in [1.82, 2.24) is 0 Å². The zero-order valence-corrected chi connectivity index (χ0v) is 10.7. The summed E-state index contributed by atoms with van der Waals surface area (Å²) in [6, 6.07) is 3.98. The maximum atomic E-state index is 11.8. The fraction of sp³-hybridized carbons (Fsp3) is 0.455. The first kappa shape index (κ1) is 11.5. The van der Waals surface area contributed by atoms with Gasteiger partial charge < -0.3 is 4.90 Å². The largest absolute Gasteiger partial charge is 0.310 e. The highest BCUT2D eigenvalue weighted by Crippen LogP contribution is 2.41.